The first-order valence-electron chi connectivity index (χ1n) is 10.2. The fourth-order valence-corrected chi connectivity index (χ4v) is 6.17. The van der Waals surface area contributed by atoms with Crippen LogP contribution in [0.15, 0.2) is 47.8 Å². The van der Waals surface area contributed by atoms with E-state index in [1.54, 1.807) is 24.4 Å². The van der Waals surface area contributed by atoms with Crippen LogP contribution in [0.5, 0.6) is 5.75 Å². The zero-order valence-corrected chi connectivity index (χ0v) is 15.8. The number of aromatic nitrogens is 1. The highest BCUT2D eigenvalue weighted by molar-refractivity contribution is 5.94. The summed E-state index contributed by atoms with van der Waals surface area (Å²) in [4.78, 5) is 16.0. The lowest BCUT2D eigenvalue weighted by molar-refractivity contribution is -0.00520. The number of carbonyl (C=O) groups excluding carboxylic acids is 1. The van der Waals surface area contributed by atoms with Crippen LogP contribution in [0.2, 0.25) is 0 Å². The van der Waals surface area contributed by atoms with Gasteiger partial charge in [0.05, 0.1) is 11.8 Å². The number of aromatic hydroxyl groups is 1. The van der Waals surface area contributed by atoms with Crippen molar-refractivity contribution >= 4 is 12.1 Å². The van der Waals surface area contributed by atoms with Crippen LogP contribution in [0.1, 0.15) is 60.0 Å². The first-order chi connectivity index (χ1) is 13.6. The Balaban J connectivity index is 1.36. The Bertz CT molecular complexity index is 887. The standard InChI is InChI=1S/C23H25N3O2/c27-21-4-3-20(23-10-15-6-16(11-23)8-17(7-15)12-23)9-19(21)14-25-26-22(28)18-2-1-5-24-13-18/h1-5,9,13-17,27H,6-8,10-12H2,(H,26,28)/b25-14+. The van der Waals surface area contributed by atoms with Crippen LogP contribution >= 0.6 is 0 Å². The number of nitrogens with zero attached hydrogens (tertiary/aromatic N) is 2. The number of hydrogen-bond acceptors (Lipinski definition) is 4. The molecule has 0 aliphatic heterocycles. The Kier molecular flexibility index (Phi) is 4.18. The SMILES string of the molecule is O=C(N/N=C/c1cc(C23CC4CC(CC(C4)C2)C3)ccc1O)c1cccnc1. The Labute approximate surface area is 164 Å². The summed E-state index contributed by atoms with van der Waals surface area (Å²) < 4.78 is 0. The van der Waals surface area contributed by atoms with Crippen molar-refractivity contribution in [3.63, 3.8) is 0 Å². The molecular formula is C23H25N3O2. The van der Waals surface area contributed by atoms with E-state index in [4.69, 9.17) is 0 Å². The molecule has 2 N–H and O–H groups in total. The predicted molar refractivity (Wildman–Crippen MR) is 107 cm³/mol. The average Bonchev–Trinajstić information content (AvgIpc) is 2.69. The molecule has 1 amide bonds. The van der Waals surface area contributed by atoms with E-state index in [0.717, 1.165) is 17.8 Å². The number of amides is 1. The molecule has 0 radical (unpaired) electrons. The minimum Gasteiger partial charge on any atom is -0.507 e. The summed E-state index contributed by atoms with van der Waals surface area (Å²) in [5.41, 5.74) is 5.20. The van der Waals surface area contributed by atoms with Gasteiger partial charge in [0, 0.05) is 18.0 Å². The second-order valence-electron chi connectivity index (χ2n) is 8.91. The third-order valence-corrected chi connectivity index (χ3v) is 6.97. The molecule has 0 atom stereocenters. The van der Waals surface area contributed by atoms with Gasteiger partial charge in [0.1, 0.15) is 5.75 Å². The van der Waals surface area contributed by atoms with Gasteiger partial charge in [-0.15, -0.1) is 0 Å². The van der Waals surface area contributed by atoms with Gasteiger partial charge in [-0.3, -0.25) is 9.78 Å². The minimum absolute atomic E-state index is 0.188. The van der Waals surface area contributed by atoms with Gasteiger partial charge in [0.25, 0.3) is 5.91 Å². The van der Waals surface area contributed by atoms with E-state index >= 15 is 0 Å². The Morgan fingerprint density at radius 2 is 1.86 bits per heavy atom. The van der Waals surface area contributed by atoms with E-state index in [-0.39, 0.29) is 17.1 Å². The van der Waals surface area contributed by atoms with E-state index < -0.39 is 0 Å². The summed E-state index contributed by atoms with van der Waals surface area (Å²) in [6.07, 6.45) is 12.7. The maximum absolute atomic E-state index is 12.1. The zero-order valence-electron chi connectivity index (χ0n) is 15.8. The van der Waals surface area contributed by atoms with Gasteiger partial charge in [-0.2, -0.15) is 5.10 Å². The van der Waals surface area contributed by atoms with Crippen molar-refractivity contribution < 1.29 is 9.90 Å². The number of nitrogens with one attached hydrogen (secondary N) is 1. The summed E-state index contributed by atoms with van der Waals surface area (Å²) in [5, 5.41) is 14.3. The fraction of sp³-hybridized carbons (Fsp3) is 0.435. The maximum Gasteiger partial charge on any atom is 0.272 e. The van der Waals surface area contributed by atoms with Crippen molar-refractivity contribution in [1.82, 2.24) is 10.4 Å². The molecule has 2 aromatic rings. The predicted octanol–water partition coefficient (Wildman–Crippen LogP) is 4.02. The number of benzene rings is 1. The first kappa shape index (κ1) is 17.4. The highest BCUT2D eigenvalue weighted by Crippen LogP contribution is 2.60. The smallest absolute Gasteiger partial charge is 0.272 e. The van der Waals surface area contributed by atoms with Crippen LogP contribution < -0.4 is 5.43 Å². The summed E-state index contributed by atoms with van der Waals surface area (Å²) in [7, 11) is 0. The van der Waals surface area contributed by atoms with Gasteiger partial charge in [-0.1, -0.05) is 6.07 Å². The topological polar surface area (TPSA) is 74.6 Å². The fourth-order valence-electron chi connectivity index (χ4n) is 6.17. The molecule has 28 heavy (non-hydrogen) atoms. The quantitative estimate of drug-likeness (QED) is 0.626. The third-order valence-electron chi connectivity index (χ3n) is 6.97. The Hall–Kier alpha value is -2.69. The highest BCUT2D eigenvalue weighted by Gasteiger charge is 2.51. The van der Waals surface area contributed by atoms with Crippen molar-refractivity contribution in [2.24, 2.45) is 22.9 Å². The molecule has 0 saturated heterocycles. The monoisotopic (exact) mass is 375 g/mol. The molecule has 5 nitrogen and oxygen atoms in total. The molecule has 5 heteroatoms. The van der Waals surface area contributed by atoms with E-state index in [1.165, 1.54) is 56.5 Å². The van der Waals surface area contributed by atoms with Crippen molar-refractivity contribution in [3.8, 4) is 5.75 Å². The van der Waals surface area contributed by atoms with Gasteiger partial charge in [-0.05, 0) is 91.5 Å². The zero-order chi connectivity index (χ0) is 19.1. The number of carbonyl (C=O) groups is 1. The molecule has 6 rings (SSSR count). The van der Waals surface area contributed by atoms with Crippen LogP contribution in [-0.4, -0.2) is 22.2 Å². The normalized spacial score (nSPS) is 30.6. The average molecular weight is 375 g/mol. The molecule has 4 saturated carbocycles. The first-order valence-corrected chi connectivity index (χ1v) is 10.2. The third kappa shape index (κ3) is 3.09. The van der Waals surface area contributed by atoms with Crippen LogP contribution in [0.4, 0.5) is 0 Å². The lowest BCUT2D eigenvalue weighted by Crippen LogP contribution is -2.48. The molecule has 0 spiro atoms. The van der Waals surface area contributed by atoms with Crippen LogP contribution in [0.3, 0.4) is 0 Å². The molecule has 1 aromatic carbocycles. The van der Waals surface area contributed by atoms with E-state index in [0.29, 0.717) is 11.1 Å². The van der Waals surface area contributed by atoms with E-state index in [1.807, 2.05) is 0 Å². The number of hydrogen-bond donors (Lipinski definition) is 2. The second kappa shape index (κ2) is 6.73. The van der Waals surface area contributed by atoms with E-state index in [2.05, 4.69) is 27.6 Å². The lowest BCUT2D eigenvalue weighted by Gasteiger charge is -2.57. The summed E-state index contributed by atoms with van der Waals surface area (Å²) in [6.45, 7) is 0. The summed E-state index contributed by atoms with van der Waals surface area (Å²) >= 11 is 0. The summed E-state index contributed by atoms with van der Waals surface area (Å²) in [5.74, 6) is 2.48. The molecule has 4 fully saturated rings. The number of phenols is 1. The Morgan fingerprint density at radius 3 is 2.50 bits per heavy atom. The molecule has 0 unspecified atom stereocenters. The van der Waals surface area contributed by atoms with Gasteiger partial charge in [0.2, 0.25) is 0 Å². The molecule has 144 valence electrons. The molecule has 1 aromatic heterocycles. The molecule has 4 aliphatic rings. The summed E-state index contributed by atoms with van der Waals surface area (Å²) in [6, 6.07) is 9.33. The van der Waals surface area contributed by atoms with Crippen LogP contribution in [0.25, 0.3) is 0 Å². The molecular weight excluding hydrogens is 350 g/mol. The number of hydrazone groups is 1. The molecule has 1 heterocycles. The van der Waals surface area contributed by atoms with Crippen molar-refractivity contribution in [1.29, 1.82) is 0 Å². The maximum atomic E-state index is 12.1. The Morgan fingerprint density at radius 1 is 1.14 bits per heavy atom. The van der Waals surface area contributed by atoms with Gasteiger partial charge in [0.15, 0.2) is 0 Å². The van der Waals surface area contributed by atoms with Crippen LogP contribution in [-0.2, 0) is 5.41 Å². The largest absolute Gasteiger partial charge is 0.507 e. The van der Waals surface area contributed by atoms with Crippen molar-refractivity contribution in [3.05, 3.63) is 59.4 Å². The lowest BCUT2D eigenvalue weighted by atomic mass is 9.48. The minimum atomic E-state index is -0.318. The van der Waals surface area contributed by atoms with Gasteiger partial charge < -0.3 is 5.11 Å². The number of rotatable bonds is 4. The molecule has 4 aliphatic carbocycles. The highest BCUT2D eigenvalue weighted by atomic mass is 16.3. The second-order valence-corrected chi connectivity index (χ2v) is 8.91. The van der Waals surface area contributed by atoms with Crippen LogP contribution in [0, 0.1) is 17.8 Å². The number of phenolic OH excluding ortho intramolecular Hbond substituents is 1. The van der Waals surface area contributed by atoms with Crippen molar-refractivity contribution in [2.45, 2.75) is 43.9 Å². The van der Waals surface area contributed by atoms with E-state index in [9.17, 15) is 9.90 Å². The van der Waals surface area contributed by atoms with Gasteiger partial charge >= 0.3 is 0 Å². The molecule has 4 bridgehead atoms. The van der Waals surface area contributed by atoms with Crippen molar-refractivity contribution in [2.75, 3.05) is 0 Å². The van der Waals surface area contributed by atoms with Gasteiger partial charge in [-0.25, -0.2) is 5.43 Å². The number of pyridine rings is 1.